The molecule has 0 fully saturated rings. The second kappa shape index (κ2) is 8.32. The molecule has 10 heteroatoms. The third-order valence-electron chi connectivity index (χ3n) is 5.92. The Bertz CT molecular complexity index is 1330. The predicted octanol–water partition coefficient (Wildman–Crippen LogP) is 4.15. The zero-order chi connectivity index (χ0) is 23.1. The molecule has 8 nitrogen and oxygen atoms in total. The number of nitrogen functional groups attached to an aromatic ring is 1. The maximum Gasteiger partial charge on any atom is 0.222 e. The highest BCUT2D eigenvalue weighted by atomic mass is 35.5. The number of aromatic nitrogens is 5. The van der Waals surface area contributed by atoms with Gasteiger partial charge in [-0.15, -0.1) is 0 Å². The monoisotopic (exact) mass is 465 g/mol. The normalized spacial score (nSPS) is 17.1. The van der Waals surface area contributed by atoms with Crippen molar-refractivity contribution in [2.75, 3.05) is 25.2 Å². The molecular formula is C23H21ClFN7O. The summed E-state index contributed by atoms with van der Waals surface area (Å²) in [6.45, 7) is 0. The number of pyridine rings is 1. The number of nitrogens with one attached hydrogen (secondary N) is 1. The van der Waals surface area contributed by atoms with Gasteiger partial charge in [-0.1, -0.05) is 23.7 Å². The number of hydrogen-bond acceptors (Lipinski definition) is 7. The smallest absolute Gasteiger partial charge is 0.222 e. The Morgan fingerprint density at radius 1 is 1.15 bits per heavy atom. The quantitative estimate of drug-likeness (QED) is 0.456. The van der Waals surface area contributed by atoms with Crippen molar-refractivity contribution >= 4 is 23.4 Å². The van der Waals surface area contributed by atoms with Crippen LogP contribution in [0.25, 0.3) is 5.82 Å². The lowest BCUT2D eigenvalue weighted by Crippen LogP contribution is -2.09. The Morgan fingerprint density at radius 2 is 1.94 bits per heavy atom. The molecule has 1 aliphatic rings. The van der Waals surface area contributed by atoms with Crippen LogP contribution in [0.4, 0.5) is 16.2 Å². The van der Waals surface area contributed by atoms with E-state index >= 15 is 0 Å². The van der Waals surface area contributed by atoms with Crippen molar-refractivity contribution in [3.05, 3.63) is 82.4 Å². The molecule has 3 heterocycles. The first kappa shape index (κ1) is 21.1. The Morgan fingerprint density at radius 3 is 2.61 bits per heavy atom. The number of benzene rings is 1. The summed E-state index contributed by atoms with van der Waals surface area (Å²) in [6, 6.07) is 8.44. The molecule has 0 aliphatic heterocycles. The lowest BCUT2D eigenvalue weighted by Gasteiger charge is -2.17. The number of nitrogens with zero attached hydrogens (tertiary/aromatic N) is 5. The summed E-state index contributed by atoms with van der Waals surface area (Å²) in [5.74, 6) is 1.59. The van der Waals surface area contributed by atoms with Crippen LogP contribution in [0.5, 0.6) is 5.75 Å². The largest absolute Gasteiger partial charge is 0.493 e. The van der Waals surface area contributed by atoms with E-state index in [1.54, 1.807) is 43.4 Å². The van der Waals surface area contributed by atoms with Crippen LogP contribution in [0.2, 0.25) is 5.15 Å². The molecule has 0 saturated carbocycles. The number of ether oxygens (including phenoxy) is 1. The molecule has 2 unspecified atom stereocenters. The van der Waals surface area contributed by atoms with E-state index in [-0.39, 0.29) is 23.6 Å². The summed E-state index contributed by atoms with van der Waals surface area (Å²) < 4.78 is 20.9. The topological polar surface area (TPSA) is 104 Å². The van der Waals surface area contributed by atoms with Crippen LogP contribution >= 0.6 is 11.6 Å². The van der Waals surface area contributed by atoms with Gasteiger partial charge in [0.25, 0.3) is 0 Å². The maximum atomic E-state index is 13.6. The zero-order valence-electron chi connectivity index (χ0n) is 18.0. The van der Waals surface area contributed by atoms with Gasteiger partial charge < -0.3 is 15.8 Å². The summed E-state index contributed by atoms with van der Waals surface area (Å²) in [5.41, 5.74) is 9.69. The van der Waals surface area contributed by atoms with E-state index in [1.165, 1.54) is 12.1 Å². The van der Waals surface area contributed by atoms with Crippen LogP contribution in [0.3, 0.4) is 0 Å². The van der Waals surface area contributed by atoms with Crippen molar-refractivity contribution in [3.8, 4) is 11.6 Å². The number of fused-ring (bicyclic) bond motifs is 1. The van der Waals surface area contributed by atoms with Crippen LogP contribution < -0.4 is 15.8 Å². The zero-order valence-corrected chi connectivity index (χ0v) is 18.7. The van der Waals surface area contributed by atoms with Gasteiger partial charge in [-0.25, -0.2) is 19.3 Å². The first-order chi connectivity index (χ1) is 16.0. The van der Waals surface area contributed by atoms with Gasteiger partial charge in [0.05, 0.1) is 12.8 Å². The SMILES string of the molecule is CNc1nc(N)nc2c1C(c1cnc(-n3cnc(Cl)c3)c(OC)c1)CC2c1ccc(F)cc1. The minimum Gasteiger partial charge on any atom is -0.493 e. The Labute approximate surface area is 194 Å². The van der Waals surface area contributed by atoms with Gasteiger partial charge in [-0.3, -0.25) is 4.57 Å². The van der Waals surface area contributed by atoms with Gasteiger partial charge >= 0.3 is 0 Å². The average Bonchev–Trinajstić information content (AvgIpc) is 3.42. The molecule has 0 radical (unpaired) electrons. The number of nitrogens with two attached hydrogens (primary N) is 1. The van der Waals surface area contributed by atoms with Crippen molar-refractivity contribution < 1.29 is 9.13 Å². The number of anilines is 2. The number of methoxy groups -OCH3 is 1. The van der Waals surface area contributed by atoms with Crippen LogP contribution in [0.15, 0.2) is 49.1 Å². The summed E-state index contributed by atoms with van der Waals surface area (Å²) in [7, 11) is 3.39. The molecule has 0 spiro atoms. The number of rotatable bonds is 5. The molecule has 0 saturated heterocycles. The summed E-state index contributed by atoms with van der Waals surface area (Å²) in [4.78, 5) is 17.7. The summed E-state index contributed by atoms with van der Waals surface area (Å²) in [5, 5.41) is 3.51. The first-order valence-electron chi connectivity index (χ1n) is 10.3. The molecule has 0 amide bonds. The molecule has 33 heavy (non-hydrogen) atoms. The highest BCUT2D eigenvalue weighted by Crippen LogP contribution is 2.50. The van der Waals surface area contributed by atoms with Crippen molar-refractivity contribution in [1.29, 1.82) is 0 Å². The lowest BCUT2D eigenvalue weighted by molar-refractivity contribution is 0.409. The fourth-order valence-corrected chi connectivity index (χ4v) is 4.61. The van der Waals surface area contributed by atoms with E-state index in [9.17, 15) is 4.39 Å². The van der Waals surface area contributed by atoms with Gasteiger partial charge in [-0.2, -0.15) is 4.98 Å². The third kappa shape index (κ3) is 3.74. The third-order valence-corrected chi connectivity index (χ3v) is 6.12. The average molecular weight is 466 g/mol. The van der Waals surface area contributed by atoms with Crippen LogP contribution in [0, 0.1) is 5.82 Å². The molecule has 3 N–H and O–H groups in total. The molecule has 1 aromatic carbocycles. The van der Waals surface area contributed by atoms with Gasteiger partial charge in [0.2, 0.25) is 5.95 Å². The standard InChI is InChI=1S/C23H21ClFN7O/c1-27-21-19-15(13-7-17(33-2)22(28-9-13)32-10-18(24)29-11-32)8-16(20(19)30-23(26)31-21)12-3-5-14(25)6-4-12/h3-7,9-11,15-16H,8H2,1-2H3,(H3,26,27,30,31). The summed E-state index contributed by atoms with van der Waals surface area (Å²) in [6.07, 6.45) is 5.76. The second-order valence-electron chi connectivity index (χ2n) is 7.77. The Hall–Kier alpha value is -3.72. The van der Waals surface area contributed by atoms with Crippen molar-refractivity contribution in [2.24, 2.45) is 0 Å². The number of halogens is 2. The maximum absolute atomic E-state index is 13.6. The van der Waals surface area contributed by atoms with Crippen LogP contribution in [-0.4, -0.2) is 38.7 Å². The molecule has 2 atom stereocenters. The van der Waals surface area contributed by atoms with E-state index in [4.69, 9.17) is 22.1 Å². The summed E-state index contributed by atoms with van der Waals surface area (Å²) >= 11 is 5.97. The fourth-order valence-electron chi connectivity index (χ4n) is 4.46. The van der Waals surface area contributed by atoms with E-state index in [0.29, 0.717) is 29.0 Å². The molecule has 168 valence electrons. The van der Waals surface area contributed by atoms with E-state index in [2.05, 4.69) is 25.3 Å². The van der Waals surface area contributed by atoms with E-state index < -0.39 is 0 Å². The lowest BCUT2D eigenvalue weighted by atomic mass is 9.91. The molecule has 1 aliphatic carbocycles. The highest BCUT2D eigenvalue weighted by molar-refractivity contribution is 6.29. The van der Waals surface area contributed by atoms with Crippen molar-refractivity contribution in [3.63, 3.8) is 0 Å². The van der Waals surface area contributed by atoms with Gasteiger partial charge in [-0.05, 0) is 35.7 Å². The Balaban J connectivity index is 1.62. The minimum atomic E-state index is -0.282. The number of hydrogen-bond donors (Lipinski definition) is 2. The highest BCUT2D eigenvalue weighted by Gasteiger charge is 2.38. The predicted molar refractivity (Wildman–Crippen MR) is 124 cm³/mol. The van der Waals surface area contributed by atoms with Gasteiger partial charge in [0.1, 0.15) is 23.1 Å². The van der Waals surface area contributed by atoms with E-state index in [1.807, 2.05) is 12.3 Å². The van der Waals surface area contributed by atoms with Crippen molar-refractivity contribution in [2.45, 2.75) is 18.3 Å². The van der Waals surface area contributed by atoms with Gasteiger partial charge in [0, 0.05) is 36.8 Å². The second-order valence-corrected chi connectivity index (χ2v) is 8.16. The van der Waals surface area contributed by atoms with Crippen LogP contribution in [0.1, 0.15) is 40.6 Å². The van der Waals surface area contributed by atoms with Crippen molar-refractivity contribution in [1.82, 2.24) is 24.5 Å². The molecule has 5 rings (SSSR count). The van der Waals surface area contributed by atoms with E-state index in [0.717, 1.165) is 22.4 Å². The first-order valence-corrected chi connectivity index (χ1v) is 10.7. The molecule has 4 aromatic rings. The Kier molecular flexibility index (Phi) is 5.33. The van der Waals surface area contributed by atoms with Gasteiger partial charge in [0.15, 0.2) is 11.6 Å². The molecular weight excluding hydrogens is 445 g/mol. The fraction of sp³-hybridized carbons (Fsp3) is 0.217. The molecule has 0 bridgehead atoms. The minimum absolute atomic E-state index is 0.0684. The number of imidazole rings is 1. The van der Waals surface area contributed by atoms with Crippen LogP contribution in [-0.2, 0) is 0 Å². The molecule has 3 aromatic heterocycles.